The molecule has 3 rings (SSSR count). The van der Waals surface area contributed by atoms with Crippen LogP contribution in [0.4, 0.5) is 4.79 Å². The zero-order valence-corrected chi connectivity index (χ0v) is 15.8. The van der Waals surface area contributed by atoms with Crippen LogP contribution in [-0.2, 0) is 4.79 Å². The Balaban J connectivity index is 1.70. The molecule has 1 fully saturated rings. The summed E-state index contributed by atoms with van der Waals surface area (Å²) in [6, 6.07) is 11.7. The van der Waals surface area contributed by atoms with Crippen LogP contribution in [0.25, 0.3) is 0 Å². The highest BCUT2D eigenvalue weighted by Gasteiger charge is 2.36. The summed E-state index contributed by atoms with van der Waals surface area (Å²) in [7, 11) is 0. The maximum absolute atomic E-state index is 12.8. The number of rotatable bonds is 5. The molecule has 1 aliphatic rings. The molecule has 2 aromatic rings. The number of carbonyl (C=O) groups excluding carboxylic acids is 3. The lowest BCUT2D eigenvalue weighted by Gasteiger charge is -2.35. The molecule has 0 saturated carbocycles. The number of urea groups is 1. The molecular formula is C20H25N4O4+. The molecule has 148 valence electrons. The molecule has 0 unspecified atom stereocenters. The maximum atomic E-state index is 12.8. The van der Waals surface area contributed by atoms with E-state index in [4.69, 9.17) is 4.42 Å². The van der Waals surface area contributed by atoms with E-state index < -0.39 is 12.1 Å². The van der Waals surface area contributed by atoms with Crippen molar-refractivity contribution >= 4 is 17.8 Å². The summed E-state index contributed by atoms with van der Waals surface area (Å²) in [5, 5.41) is 5.01. The monoisotopic (exact) mass is 385 g/mol. The van der Waals surface area contributed by atoms with Crippen molar-refractivity contribution in [2.24, 2.45) is 0 Å². The fourth-order valence-electron chi connectivity index (χ4n) is 3.45. The van der Waals surface area contributed by atoms with Crippen molar-refractivity contribution < 1.29 is 23.7 Å². The summed E-state index contributed by atoms with van der Waals surface area (Å²) in [6.45, 7) is 4.43. The van der Waals surface area contributed by atoms with E-state index in [2.05, 4.69) is 10.6 Å². The average molecular weight is 385 g/mol. The number of furan rings is 1. The van der Waals surface area contributed by atoms with Crippen LogP contribution in [0.1, 0.15) is 29.1 Å². The Labute approximate surface area is 163 Å². The first kappa shape index (κ1) is 19.6. The lowest BCUT2D eigenvalue weighted by atomic mass is 10.0. The number of amides is 4. The fraction of sp³-hybridized carbons (Fsp3) is 0.350. The summed E-state index contributed by atoms with van der Waals surface area (Å²) in [6.07, 6.45) is 1.48. The van der Waals surface area contributed by atoms with Gasteiger partial charge < -0.3 is 19.5 Å². The Hall–Kier alpha value is -3.13. The van der Waals surface area contributed by atoms with Gasteiger partial charge in [0, 0.05) is 12.1 Å². The van der Waals surface area contributed by atoms with E-state index in [1.54, 1.807) is 24.0 Å². The third-order valence-corrected chi connectivity index (χ3v) is 4.80. The topological polar surface area (TPSA) is 96.1 Å². The molecule has 3 N–H and O–H groups in total. The van der Waals surface area contributed by atoms with Crippen LogP contribution in [0.2, 0.25) is 0 Å². The highest BCUT2D eigenvalue weighted by Crippen LogP contribution is 2.11. The Morgan fingerprint density at radius 2 is 1.82 bits per heavy atom. The van der Waals surface area contributed by atoms with Crippen LogP contribution in [0.5, 0.6) is 0 Å². The first-order valence-corrected chi connectivity index (χ1v) is 9.41. The number of nitrogens with zero attached hydrogens (tertiary/aromatic N) is 1. The minimum Gasteiger partial charge on any atom is -0.459 e. The van der Waals surface area contributed by atoms with Crippen molar-refractivity contribution in [3.05, 3.63) is 60.1 Å². The molecule has 8 nitrogen and oxygen atoms in total. The number of imide groups is 1. The molecule has 0 spiro atoms. The highest BCUT2D eigenvalue weighted by atomic mass is 16.3. The largest absolute Gasteiger partial charge is 0.459 e. The van der Waals surface area contributed by atoms with Crippen molar-refractivity contribution in [2.75, 3.05) is 32.7 Å². The molecule has 1 aliphatic heterocycles. The number of quaternary nitrogens is 1. The van der Waals surface area contributed by atoms with Crippen LogP contribution in [0.3, 0.4) is 0 Å². The summed E-state index contributed by atoms with van der Waals surface area (Å²) in [5.41, 5.74) is 0.838. The van der Waals surface area contributed by atoms with Crippen LogP contribution in [-0.4, -0.2) is 55.5 Å². The first-order chi connectivity index (χ1) is 13.6. The van der Waals surface area contributed by atoms with Crippen molar-refractivity contribution in [3.63, 3.8) is 0 Å². The van der Waals surface area contributed by atoms with Crippen LogP contribution >= 0.6 is 0 Å². The summed E-state index contributed by atoms with van der Waals surface area (Å²) >= 11 is 0. The SMILES string of the molecule is CCNC(=O)NC(=O)[C@@H](c1ccccc1)[NH+]1CCN(C(=O)c2ccco2)CC1. The van der Waals surface area contributed by atoms with Gasteiger partial charge in [0.15, 0.2) is 11.8 Å². The van der Waals surface area contributed by atoms with Crippen molar-refractivity contribution in [2.45, 2.75) is 13.0 Å². The van der Waals surface area contributed by atoms with Gasteiger partial charge in [-0.1, -0.05) is 30.3 Å². The average Bonchev–Trinajstić information content (AvgIpc) is 3.24. The standard InChI is InChI=1S/C20H24N4O4/c1-2-21-20(27)22-18(25)17(15-7-4-3-5-8-15)23-10-12-24(13-11-23)19(26)16-9-6-14-28-16/h3-9,14,17H,2,10-13H2,1H3,(H2,21,22,25,27)/p+1/t17-/m1/s1. The predicted molar refractivity (Wildman–Crippen MR) is 102 cm³/mol. The fourth-order valence-corrected chi connectivity index (χ4v) is 3.45. The number of piperazine rings is 1. The van der Waals surface area contributed by atoms with Crippen LogP contribution in [0, 0.1) is 0 Å². The van der Waals surface area contributed by atoms with Crippen molar-refractivity contribution in [3.8, 4) is 0 Å². The van der Waals surface area contributed by atoms with Crippen molar-refractivity contribution in [1.82, 2.24) is 15.5 Å². The Kier molecular flexibility index (Phi) is 6.44. The zero-order valence-electron chi connectivity index (χ0n) is 15.8. The van der Waals surface area contributed by atoms with E-state index >= 15 is 0 Å². The number of hydrogen-bond acceptors (Lipinski definition) is 4. The molecule has 0 radical (unpaired) electrons. The number of nitrogens with one attached hydrogen (secondary N) is 3. The van der Waals surface area contributed by atoms with Gasteiger partial charge in [0.05, 0.1) is 32.4 Å². The summed E-state index contributed by atoms with van der Waals surface area (Å²) < 4.78 is 5.19. The minimum atomic E-state index is -0.523. The van der Waals surface area contributed by atoms with Gasteiger partial charge in [-0.25, -0.2) is 4.79 Å². The molecule has 1 atom stereocenters. The maximum Gasteiger partial charge on any atom is 0.321 e. The minimum absolute atomic E-state index is 0.146. The molecule has 28 heavy (non-hydrogen) atoms. The number of hydrogen-bond donors (Lipinski definition) is 3. The summed E-state index contributed by atoms with van der Waals surface area (Å²) in [5.74, 6) is -0.179. The second kappa shape index (κ2) is 9.18. The Bertz CT molecular complexity index is 799. The smallest absolute Gasteiger partial charge is 0.321 e. The first-order valence-electron chi connectivity index (χ1n) is 9.41. The van der Waals surface area contributed by atoms with Gasteiger partial charge >= 0.3 is 6.03 Å². The molecule has 2 heterocycles. The van der Waals surface area contributed by atoms with Gasteiger partial charge in [-0.15, -0.1) is 0 Å². The number of carbonyl (C=O) groups is 3. The summed E-state index contributed by atoms with van der Waals surface area (Å²) in [4.78, 5) is 39.9. The van der Waals surface area contributed by atoms with E-state index in [0.29, 0.717) is 38.5 Å². The molecular weight excluding hydrogens is 360 g/mol. The molecule has 4 amide bonds. The third kappa shape index (κ3) is 4.58. The van der Waals surface area contributed by atoms with Gasteiger partial charge in [0.2, 0.25) is 0 Å². The highest BCUT2D eigenvalue weighted by molar-refractivity contribution is 5.96. The van der Waals surface area contributed by atoms with Crippen LogP contribution < -0.4 is 15.5 Å². The van der Waals surface area contributed by atoms with Gasteiger partial charge in [-0.2, -0.15) is 0 Å². The van der Waals surface area contributed by atoms with Crippen molar-refractivity contribution in [1.29, 1.82) is 0 Å². The van der Waals surface area contributed by atoms with E-state index in [0.717, 1.165) is 10.5 Å². The number of benzene rings is 1. The molecule has 1 aromatic heterocycles. The Morgan fingerprint density at radius 1 is 1.11 bits per heavy atom. The van der Waals surface area contributed by atoms with E-state index in [-0.39, 0.29) is 11.8 Å². The molecule has 0 bridgehead atoms. The van der Waals surface area contributed by atoms with E-state index in [1.807, 2.05) is 30.3 Å². The third-order valence-electron chi connectivity index (χ3n) is 4.80. The second-order valence-corrected chi connectivity index (χ2v) is 6.62. The van der Waals surface area contributed by atoms with E-state index in [1.165, 1.54) is 6.26 Å². The van der Waals surface area contributed by atoms with Gasteiger partial charge in [-0.05, 0) is 19.1 Å². The zero-order chi connectivity index (χ0) is 19.9. The van der Waals surface area contributed by atoms with Crippen LogP contribution in [0.15, 0.2) is 53.1 Å². The van der Waals surface area contributed by atoms with Gasteiger partial charge in [0.1, 0.15) is 0 Å². The Morgan fingerprint density at radius 3 is 2.43 bits per heavy atom. The second-order valence-electron chi connectivity index (χ2n) is 6.62. The lowest BCUT2D eigenvalue weighted by Crippen LogP contribution is -3.16. The molecule has 1 aromatic carbocycles. The van der Waals surface area contributed by atoms with E-state index in [9.17, 15) is 14.4 Å². The molecule has 8 heteroatoms. The predicted octanol–water partition coefficient (Wildman–Crippen LogP) is 0.207. The normalized spacial score (nSPS) is 15.7. The molecule has 0 aliphatic carbocycles. The van der Waals surface area contributed by atoms with Gasteiger partial charge in [0.25, 0.3) is 11.8 Å². The molecule has 1 saturated heterocycles. The lowest BCUT2D eigenvalue weighted by molar-refractivity contribution is -0.925. The quantitative estimate of drug-likeness (QED) is 0.686. The van der Waals surface area contributed by atoms with Gasteiger partial charge in [-0.3, -0.25) is 14.9 Å².